The van der Waals surface area contributed by atoms with Crippen LogP contribution in [0.4, 0.5) is 0 Å². The Kier molecular flexibility index (Phi) is 5.69. The Hall–Kier alpha value is -1.47. The SMILES string of the molecule is Cc1csc(CC(=O)NNC(=O)CN2CCC[C@@H](C)C2)n1. The van der Waals surface area contributed by atoms with Crippen LogP contribution in [0.1, 0.15) is 30.5 Å². The van der Waals surface area contributed by atoms with E-state index in [-0.39, 0.29) is 18.2 Å². The first-order valence-corrected chi connectivity index (χ1v) is 8.12. The van der Waals surface area contributed by atoms with Crippen LogP contribution in [0.3, 0.4) is 0 Å². The highest BCUT2D eigenvalue weighted by atomic mass is 32.1. The summed E-state index contributed by atoms with van der Waals surface area (Å²) < 4.78 is 0. The maximum Gasteiger partial charge on any atom is 0.252 e. The molecule has 6 nitrogen and oxygen atoms in total. The Morgan fingerprint density at radius 2 is 2.19 bits per heavy atom. The lowest BCUT2D eigenvalue weighted by atomic mass is 10.0. The molecule has 1 aromatic heterocycles. The molecule has 1 aliphatic rings. The molecule has 1 atom stereocenters. The Bertz CT molecular complexity index is 503. The van der Waals surface area contributed by atoms with E-state index < -0.39 is 0 Å². The second kappa shape index (κ2) is 7.51. The fourth-order valence-electron chi connectivity index (χ4n) is 2.48. The number of hydrogen-bond acceptors (Lipinski definition) is 5. The van der Waals surface area contributed by atoms with Crippen LogP contribution >= 0.6 is 11.3 Å². The summed E-state index contributed by atoms with van der Waals surface area (Å²) in [5.74, 6) is 0.215. The third-order valence-electron chi connectivity index (χ3n) is 3.43. The molecule has 21 heavy (non-hydrogen) atoms. The predicted molar refractivity (Wildman–Crippen MR) is 81.7 cm³/mol. The van der Waals surface area contributed by atoms with Gasteiger partial charge in [-0.25, -0.2) is 4.98 Å². The number of thiazole rings is 1. The first-order valence-electron chi connectivity index (χ1n) is 7.24. The average molecular weight is 310 g/mol. The van der Waals surface area contributed by atoms with Crippen molar-refractivity contribution in [1.29, 1.82) is 0 Å². The van der Waals surface area contributed by atoms with E-state index >= 15 is 0 Å². The minimum atomic E-state index is -0.246. The highest BCUT2D eigenvalue weighted by Gasteiger charge is 2.18. The third kappa shape index (κ3) is 5.43. The van der Waals surface area contributed by atoms with E-state index in [1.165, 1.54) is 17.8 Å². The molecular weight excluding hydrogens is 288 g/mol. The standard InChI is InChI=1S/C14H22N4O2S/c1-10-4-3-5-18(7-10)8-13(20)17-16-12(19)6-14-15-11(2)9-21-14/h9-10H,3-8H2,1-2H3,(H,16,19)(H,17,20)/t10-/m1/s1. The van der Waals surface area contributed by atoms with E-state index in [9.17, 15) is 9.59 Å². The second-order valence-electron chi connectivity index (χ2n) is 5.64. The van der Waals surface area contributed by atoms with Crippen molar-refractivity contribution < 1.29 is 9.59 Å². The molecule has 0 unspecified atom stereocenters. The van der Waals surface area contributed by atoms with E-state index in [0.717, 1.165) is 30.2 Å². The summed E-state index contributed by atoms with van der Waals surface area (Å²) in [6.45, 7) is 6.31. The number of rotatable bonds is 4. The van der Waals surface area contributed by atoms with Crippen LogP contribution in [0.2, 0.25) is 0 Å². The molecule has 1 aromatic rings. The lowest BCUT2D eigenvalue weighted by molar-refractivity contribution is -0.129. The molecule has 2 amide bonds. The molecule has 0 saturated carbocycles. The number of piperidine rings is 1. The monoisotopic (exact) mass is 310 g/mol. The number of nitrogens with one attached hydrogen (secondary N) is 2. The van der Waals surface area contributed by atoms with Gasteiger partial charge in [0.2, 0.25) is 5.91 Å². The molecule has 1 saturated heterocycles. The summed E-state index contributed by atoms with van der Waals surface area (Å²) in [5.41, 5.74) is 5.82. The molecule has 0 aliphatic carbocycles. The van der Waals surface area contributed by atoms with Gasteiger partial charge in [-0.05, 0) is 32.2 Å². The summed E-state index contributed by atoms with van der Waals surface area (Å²) in [6, 6.07) is 0. The summed E-state index contributed by atoms with van der Waals surface area (Å²) in [4.78, 5) is 29.8. The zero-order chi connectivity index (χ0) is 15.2. The van der Waals surface area contributed by atoms with Gasteiger partial charge in [-0.2, -0.15) is 0 Å². The molecule has 1 aliphatic heterocycles. The molecule has 0 bridgehead atoms. The molecule has 2 N–H and O–H groups in total. The largest absolute Gasteiger partial charge is 0.294 e. The van der Waals surface area contributed by atoms with Crippen molar-refractivity contribution in [1.82, 2.24) is 20.7 Å². The fourth-order valence-corrected chi connectivity index (χ4v) is 3.25. The van der Waals surface area contributed by atoms with Gasteiger partial charge in [-0.1, -0.05) is 6.92 Å². The molecule has 0 spiro atoms. The molecular formula is C14H22N4O2S. The second-order valence-corrected chi connectivity index (χ2v) is 6.58. The van der Waals surface area contributed by atoms with Crippen LogP contribution in [0.15, 0.2) is 5.38 Å². The number of nitrogens with zero attached hydrogens (tertiary/aromatic N) is 2. The zero-order valence-electron chi connectivity index (χ0n) is 12.5. The van der Waals surface area contributed by atoms with E-state index in [0.29, 0.717) is 12.5 Å². The highest BCUT2D eigenvalue weighted by Crippen LogP contribution is 2.14. The first-order chi connectivity index (χ1) is 10.0. The van der Waals surface area contributed by atoms with Crippen molar-refractivity contribution in [3.8, 4) is 0 Å². The number of aromatic nitrogens is 1. The van der Waals surface area contributed by atoms with Gasteiger partial charge >= 0.3 is 0 Å². The number of carbonyl (C=O) groups excluding carboxylic acids is 2. The lowest BCUT2D eigenvalue weighted by Gasteiger charge is -2.30. The van der Waals surface area contributed by atoms with Crippen LogP contribution in [0, 0.1) is 12.8 Å². The van der Waals surface area contributed by atoms with Crippen molar-refractivity contribution in [2.75, 3.05) is 19.6 Å². The minimum absolute atomic E-state index is 0.173. The molecule has 2 rings (SSSR count). The Morgan fingerprint density at radius 1 is 1.43 bits per heavy atom. The van der Waals surface area contributed by atoms with Gasteiger partial charge in [-0.15, -0.1) is 11.3 Å². The van der Waals surface area contributed by atoms with E-state index in [4.69, 9.17) is 0 Å². The van der Waals surface area contributed by atoms with Crippen LogP contribution in [0.5, 0.6) is 0 Å². The Labute approximate surface area is 128 Å². The van der Waals surface area contributed by atoms with Crippen LogP contribution in [-0.2, 0) is 16.0 Å². The summed E-state index contributed by atoms with van der Waals surface area (Å²) in [6.07, 6.45) is 2.55. The number of hydrazine groups is 1. The number of hydrogen-bond donors (Lipinski definition) is 2. The number of amides is 2. The van der Waals surface area contributed by atoms with Gasteiger partial charge < -0.3 is 0 Å². The van der Waals surface area contributed by atoms with E-state index in [2.05, 4.69) is 27.7 Å². The maximum absolute atomic E-state index is 11.8. The van der Waals surface area contributed by atoms with E-state index in [1.54, 1.807) is 0 Å². The number of aryl methyl sites for hydroxylation is 1. The lowest BCUT2D eigenvalue weighted by Crippen LogP contribution is -2.48. The molecule has 2 heterocycles. The molecule has 0 aromatic carbocycles. The van der Waals surface area contributed by atoms with Crippen LogP contribution in [0.25, 0.3) is 0 Å². The fraction of sp³-hybridized carbons (Fsp3) is 0.643. The molecule has 0 radical (unpaired) electrons. The Morgan fingerprint density at radius 3 is 2.86 bits per heavy atom. The number of carbonyl (C=O) groups is 2. The summed E-state index contributed by atoms with van der Waals surface area (Å²) in [7, 11) is 0. The van der Waals surface area contributed by atoms with Gasteiger partial charge in [0.1, 0.15) is 5.01 Å². The first kappa shape index (κ1) is 15.9. The molecule has 7 heteroatoms. The van der Waals surface area contributed by atoms with Gasteiger partial charge in [0.15, 0.2) is 0 Å². The van der Waals surface area contributed by atoms with Crippen molar-refractivity contribution in [3.63, 3.8) is 0 Å². The van der Waals surface area contributed by atoms with Crippen molar-refractivity contribution in [2.45, 2.75) is 33.1 Å². The van der Waals surface area contributed by atoms with Crippen molar-refractivity contribution in [3.05, 3.63) is 16.1 Å². The predicted octanol–water partition coefficient (Wildman–Crippen LogP) is 0.873. The topological polar surface area (TPSA) is 74.3 Å². The van der Waals surface area contributed by atoms with Gasteiger partial charge in [0.25, 0.3) is 5.91 Å². The van der Waals surface area contributed by atoms with E-state index in [1.807, 2.05) is 12.3 Å². The van der Waals surface area contributed by atoms with Crippen LogP contribution < -0.4 is 10.9 Å². The molecule has 116 valence electrons. The normalized spacial score (nSPS) is 19.2. The quantitative estimate of drug-likeness (QED) is 0.810. The zero-order valence-corrected chi connectivity index (χ0v) is 13.3. The summed E-state index contributed by atoms with van der Waals surface area (Å²) >= 11 is 1.45. The van der Waals surface area contributed by atoms with Gasteiger partial charge in [0.05, 0.1) is 13.0 Å². The Balaban J connectivity index is 1.67. The highest BCUT2D eigenvalue weighted by molar-refractivity contribution is 7.09. The van der Waals surface area contributed by atoms with Crippen LogP contribution in [-0.4, -0.2) is 41.3 Å². The summed E-state index contributed by atoms with van der Waals surface area (Å²) in [5, 5.41) is 2.66. The van der Waals surface area contributed by atoms with Crippen molar-refractivity contribution >= 4 is 23.2 Å². The van der Waals surface area contributed by atoms with Crippen molar-refractivity contribution in [2.24, 2.45) is 5.92 Å². The molecule has 1 fully saturated rings. The minimum Gasteiger partial charge on any atom is -0.294 e. The maximum atomic E-state index is 11.8. The average Bonchev–Trinajstić information content (AvgIpc) is 2.82. The third-order valence-corrected chi connectivity index (χ3v) is 4.39. The van der Waals surface area contributed by atoms with Gasteiger partial charge in [-0.3, -0.25) is 25.3 Å². The smallest absolute Gasteiger partial charge is 0.252 e. The van der Waals surface area contributed by atoms with Gasteiger partial charge in [0, 0.05) is 17.6 Å². The number of likely N-dealkylation sites (tertiary alicyclic amines) is 1.